The second-order valence-corrected chi connectivity index (χ2v) is 4.88. The van der Waals surface area contributed by atoms with Crippen molar-refractivity contribution in [1.82, 2.24) is 9.97 Å². The minimum absolute atomic E-state index is 0.0901. The zero-order valence-corrected chi connectivity index (χ0v) is 12.3. The number of benzene rings is 1. The lowest BCUT2D eigenvalue weighted by molar-refractivity contribution is -0.384. The summed E-state index contributed by atoms with van der Waals surface area (Å²) in [5.41, 5.74) is -0.559. The smallest absolute Gasteiger partial charge is 0.337 e. The molecular weight excluding hydrogens is 313 g/mol. The molecule has 2 rings (SSSR count). The summed E-state index contributed by atoms with van der Waals surface area (Å²) in [7, 11) is 1.53. The van der Waals surface area contributed by atoms with Crippen LogP contribution < -0.4 is 4.90 Å². The lowest BCUT2D eigenvalue weighted by atomic mass is 10.1. The lowest BCUT2D eigenvalue weighted by Crippen LogP contribution is -2.25. The van der Waals surface area contributed by atoms with Crippen LogP contribution in [-0.4, -0.2) is 21.9 Å². The van der Waals surface area contributed by atoms with E-state index in [1.807, 2.05) is 0 Å². The van der Waals surface area contributed by atoms with Gasteiger partial charge in [-0.25, -0.2) is 9.97 Å². The fourth-order valence-corrected chi connectivity index (χ4v) is 1.97. The maximum atomic E-state index is 12.7. The van der Waals surface area contributed by atoms with Gasteiger partial charge in [0, 0.05) is 25.4 Å². The van der Waals surface area contributed by atoms with Crippen LogP contribution in [0.3, 0.4) is 0 Å². The number of non-ortho nitro benzene ring substituents is 1. The van der Waals surface area contributed by atoms with E-state index in [4.69, 9.17) is 0 Å². The Kier molecular flexibility index (Phi) is 4.48. The Bertz CT molecular complexity index is 721. The van der Waals surface area contributed by atoms with E-state index in [2.05, 4.69) is 9.97 Å². The summed E-state index contributed by atoms with van der Waals surface area (Å²) in [6.45, 7) is 1.70. The summed E-state index contributed by atoms with van der Waals surface area (Å²) < 4.78 is 38.1. The lowest BCUT2D eigenvalue weighted by Gasteiger charge is -2.25. The van der Waals surface area contributed by atoms with Crippen LogP contribution in [0.15, 0.2) is 36.5 Å². The van der Waals surface area contributed by atoms with Crippen molar-refractivity contribution in [2.45, 2.75) is 19.1 Å². The monoisotopic (exact) mass is 326 g/mol. The number of nitrogens with zero attached hydrogens (tertiary/aromatic N) is 4. The molecule has 0 N–H and O–H groups in total. The molecule has 2 aromatic rings. The van der Waals surface area contributed by atoms with Crippen LogP contribution >= 0.6 is 0 Å². The van der Waals surface area contributed by atoms with Crippen LogP contribution in [0, 0.1) is 10.1 Å². The molecule has 23 heavy (non-hydrogen) atoms. The molecule has 0 spiro atoms. The van der Waals surface area contributed by atoms with Gasteiger partial charge in [-0.15, -0.1) is 0 Å². The molecule has 0 saturated heterocycles. The third-order valence-electron chi connectivity index (χ3n) is 3.39. The molecule has 0 bridgehead atoms. The van der Waals surface area contributed by atoms with Crippen LogP contribution in [0.5, 0.6) is 0 Å². The molecule has 122 valence electrons. The van der Waals surface area contributed by atoms with Gasteiger partial charge >= 0.3 is 6.18 Å². The molecule has 6 nitrogen and oxygen atoms in total. The quantitative estimate of drug-likeness (QED) is 0.634. The van der Waals surface area contributed by atoms with Gasteiger partial charge in [-0.2, -0.15) is 13.2 Å². The number of alkyl halides is 3. The predicted octanol–water partition coefficient (Wildman–Crippen LogP) is 3.60. The predicted molar refractivity (Wildman–Crippen MR) is 76.9 cm³/mol. The van der Waals surface area contributed by atoms with Gasteiger partial charge in [0.15, 0.2) is 0 Å². The van der Waals surface area contributed by atoms with Crippen molar-refractivity contribution in [1.29, 1.82) is 0 Å². The fourth-order valence-electron chi connectivity index (χ4n) is 1.97. The number of hydrogen-bond acceptors (Lipinski definition) is 5. The Labute approximate surface area is 129 Å². The molecule has 0 fully saturated rings. The minimum atomic E-state index is -4.56. The van der Waals surface area contributed by atoms with Gasteiger partial charge in [0.1, 0.15) is 5.69 Å². The molecule has 0 aliphatic carbocycles. The highest BCUT2D eigenvalue weighted by atomic mass is 19.4. The largest absolute Gasteiger partial charge is 0.433 e. The van der Waals surface area contributed by atoms with Crippen molar-refractivity contribution in [3.05, 3.63) is 57.9 Å². The van der Waals surface area contributed by atoms with Gasteiger partial charge in [0.2, 0.25) is 5.95 Å². The van der Waals surface area contributed by atoms with Gasteiger partial charge in [-0.3, -0.25) is 10.1 Å². The number of halogens is 3. The van der Waals surface area contributed by atoms with Crippen LogP contribution in [-0.2, 0) is 6.18 Å². The van der Waals surface area contributed by atoms with E-state index in [-0.39, 0.29) is 11.6 Å². The molecule has 0 saturated carbocycles. The molecule has 0 amide bonds. The number of aromatic nitrogens is 2. The highest BCUT2D eigenvalue weighted by Gasteiger charge is 2.33. The highest BCUT2D eigenvalue weighted by molar-refractivity contribution is 5.40. The van der Waals surface area contributed by atoms with Crippen molar-refractivity contribution in [3.8, 4) is 0 Å². The summed E-state index contributed by atoms with van der Waals surface area (Å²) in [6, 6.07) is 6.23. The van der Waals surface area contributed by atoms with Gasteiger partial charge in [0.25, 0.3) is 5.69 Å². The Hall–Kier alpha value is -2.71. The van der Waals surface area contributed by atoms with Gasteiger partial charge in [-0.1, -0.05) is 12.1 Å². The maximum absolute atomic E-state index is 12.7. The van der Waals surface area contributed by atoms with Gasteiger partial charge in [-0.05, 0) is 18.6 Å². The Morgan fingerprint density at radius 3 is 2.61 bits per heavy atom. The molecular formula is C14H13F3N4O2. The summed E-state index contributed by atoms with van der Waals surface area (Å²) in [5, 5.41) is 10.8. The zero-order chi connectivity index (χ0) is 17.2. The summed E-state index contributed by atoms with van der Waals surface area (Å²) >= 11 is 0. The number of rotatable bonds is 4. The first-order valence-electron chi connectivity index (χ1n) is 6.57. The molecule has 1 aromatic carbocycles. The summed E-state index contributed by atoms with van der Waals surface area (Å²) in [5.74, 6) is -0.112. The summed E-state index contributed by atoms with van der Waals surface area (Å²) in [6.07, 6.45) is -3.53. The molecule has 1 heterocycles. The number of anilines is 1. The first kappa shape index (κ1) is 16.7. The van der Waals surface area contributed by atoms with E-state index in [9.17, 15) is 23.3 Å². The normalized spacial score (nSPS) is 12.7. The van der Waals surface area contributed by atoms with Crippen molar-refractivity contribution in [2.75, 3.05) is 11.9 Å². The van der Waals surface area contributed by atoms with E-state index in [1.54, 1.807) is 13.0 Å². The molecule has 1 atom stereocenters. The van der Waals surface area contributed by atoms with Crippen LogP contribution in [0.1, 0.15) is 24.2 Å². The van der Waals surface area contributed by atoms with Crippen LogP contribution in [0.25, 0.3) is 0 Å². The average Bonchev–Trinajstić information content (AvgIpc) is 2.53. The Morgan fingerprint density at radius 2 is 2.00 bits per heavy atom. The molecule has 0 aliphatic rings. The first-order valence-corrected chi connectivity index (χ1v) is 6.57. The topological polar surface area (TPSA) is 72.2 Å². The average molecular weight is 326 g/mol. The molecule has 0 radical (unpaired) electrons. The van der Waals surface area contributed by atoms with E-state index < -0.39 is 22.8 Å². The minimum Gasteiger partial charge on any atom is -0.337 e. The molecule has 9 heteroatoms. The number of nitro benzene ring substituents is 1. The van der Waals surface area contributed by atoms with Crippen molar-refractivity contribution in [3.63, 3.8) is 0 Å². The van der Waals surface area contributed by atoms with E-state index in [0.717, 1.165) is 12.3 Å². The molecule has 1 aromatic heterocycles. The fraction of sp³-hybridized carbons (Fsp3) is 0.286. The number of nitro groups is 1. The van der Waals surface area contributed by atoms with Gasteiger partial charge < -0.3 is 4.90 Å². The van der Waals surface area contributed by atoms with Crippen LogP contribution in [0.2, 0.25) is 0 Å². The van der Waals surface area contributed by atoms with Crippen molar-refractivity contribution < 1.29 is 18.1 Å². The molecule has 0 aliphatic heterocycles. The van der Waals surface area contributed by atoms with E-state index in [1.165, 1.54) is 30.1 Å². The van der Waals surface area contributed by atoms with E-state index in [0.29, 0.717) is 5.56 Å². The third-order valence-corrected chi connectivity index (χ3v) is 3.39. The standard InChI is InChI=1S/C14H13F3N4O2/c1-9(10-4-3-5-11(8-10)21(22)23)20(2)13-18-7-6-12(19-13)14(15,16)17/h3-9H,1-2H3/t9-/m1/s1. The molecule has 0 unspecified atom stereocenters. The second-order valence-electron chi connectivity index (χ2n) is 4.88. The zero-order valence-electron chi connectivity index (χ0n) is 12.3. The number of hydrogen-bond donors (Lipinski definition) is 0. The SMILES string of the molecule is C[C@H](c1cccc([N+](=O)[O-])c1)N(C)c1nccc(C(F)(F)F)n1. The van der Waals surface area contributed by atoms with E-state index >= 15 is 0 Å². The van der Waals surface area contributed by atoms with Crippen LogP contribution in [0.4, 0.5) is 24.8 Å². The third kappa shape index (κ3) is 3.74. The van der Waals surface area contributed by atoms with Gasteiger partial charge in [0.05, 0.1) is 11.0 Å². The Balaban J connectivity index is 2.31. The highest BCUT2D eigenvalue weighted by Crippen LogP contribution is 2.30. The Morgan fingerprint density at radius 1 is 1.30 bits per heavy atom. The van der Waals surface area contributed by atoms with Crippen molar-refractivity contribution >= 4 is 11.6 Å². The first-order chi connectivity index (χ1) is 10.7. The van der Waals surface area contributed by atoms with Crippen molar-refractivity contribution in [2.24, 2.45) is 0 Å². The maximum Gasteiger partial charge on any atom is 0.433 e. The second kappa shape index (κ2) is 6.19. The summed E-state index contributed by atoms with van der Waals surface area (Å²) in [4.78, 5) is 19.0.